The van der Waals surface area contributed by atoms with Gasteiger partial charge in [0.2, 0.25) is 21.8 Å². The zero-order chi connectivity index (χ0) is 26.6. The number of rotatable bonds is 9. The minimum Gasteiger partial charge on any atom is -0.497 e. The van der Waals surface area contributed by atoms with Crippen LogP contribution in [0.5, 0.6) is 5.75 Å². The number of sulfonamides is 1. The first kappa shape index (κ1) is 28.4. The quantitative estimate of drug-likeness (QED) is 0.537. The van der Waals surface area contributed by atoms with Crippen LogP contribution in [0.15, 0.2) is 42.5 Å². The number of hydrogen-bond donors (Lipinski definition) is 1. The van der Waals surface area contributed by atoms with Gasteiger partial charge in [-0.05, 0) is 63.6 Å². The van der Waals surface area contributed by atoms with Crippen molar-refractivity contribution in [2.45, 2.75) is 45.8 Å². The standard InChI is InChI=1S/C24H31ClFN3O5S/c1-16(23(31)27-24(2,3)4)28(14-17-8-7-9-19(12-17)34-5)22(30)15-29(35(6,32)33)18-10-11-21(26)20(25)13-18/h7-13,16H,14-15H2,1-6H3,(H,27,31)/t16-/m0/s1. The van der Waals surface area contributed by atoms with Crippen LogP contribution < -0.4 is 14.4 Å². The van der Waals surface area contributed by atoms with E-state index in [9.17, 15) is 22.4 Å². The molecule has 0 bridgehead atoms. The van der Waals surface area contributed by atoms with Crippen molar-refractivity contribution in [3.05, 3.63) is 58.9 Å². The van der Waals surface area contributed by atoms with Gasteiger partial charge in [0, 0.05) is 12.1 Å². The highest BCUT2D eigenvalue weighted by atomic mass is 35.5. The minimum absolute atomic E-state index is 0.0243. The van der Waals surface area contributed by atoms with E-state index in [2.05, 4.69) is 5.32 Å². The normalized spacial score (nSPS) is 12.6. The fourth-order valence-corrected chi connectivity index (χ4v) is 4.29. The van der Waals surface area contributed by atoms with E-state index in [-0.39, 0.29) is 17.3 Å². The summed E-state index contributed by atoms with van der Waals surface area (Å²) in [5, 5.41) is 2.56. The molecule has 8 nitrogen and oxygen atoms in total. The van der Waals surface area contributed by atoms with E-state index in [4.69, 9.17) is 16.3 Å². The second-order valence-corrected chi connectivity index (χ2v) is 11.5. The summed E-state index contributed by atoms with van der Waals surface area (Å²) in [6, 6.07) is 9.44. The number of carbonyl (C=O) groups is 2. The largest absolute Gasteiger partial charge is 0.497 e. The molecule has 1 N–H and O–H groups in total. The van der Waals surface area contributed by atoms with Crippen LogP contribution in [0.4, 0.5) is 10.1 Å². The monoisotopic (exact) mass is 527 g/mol. The average molecular weight is 528 g/mol. The maximum atomic E-state index is 13.7. The molecule has 0 unspecified atom stereocenters. The Labute approximate surface area is 211 Å². The molecule has 0 fully saturated rings. The predicted molar refractivity (Wildman–Crippen MR) is 135 cm³/mol. The number of nitrogens with one attached hydrogen (secondary N) is 1. The molecule has 0 saturated carbocycles. The van der Waals surface area contributed by atoms with Gasteiger partial charge in [-0.2, -0.15) is 0 Å². The Hall–Kier alpha value is -2.85. The fourth-order valence-electron chi connectivity index (χ4n) is 3.28. The van der Waals surface area contributed by atoms with E-state index in [1.54, 1.807) is 31.2 Å². The third kappa shape index (κ3) is 8.10. The first-order valence-corrected chi connectivity index (χ1v) is 13.0. The van der Waals surface area contributed by atoms with Gasteiger partial charge in [-0.3, -0.25) is 13.9 Å². The molecule has 35 heavy (non-hydrogen) atoms. The van der Waals surface area contributed by atoms with Crippen LogP contribution in [0.3, 0.4) is 0 Å². The van der Waals surface area contributed by atoms with Crippen molar-refractivity contribution in [3.8, 4) is 5.75 Å². The summed E-state index contributed by atoms with van der Waals surface area (Å²) in [7, 11) is -2.44. The van der Waals surface area contributed by atoms with Crippen molar-refractivity contribution in [1.29, 1.82) is 0 Å². The molecule has 2 aromatic rings. The first-order valence-electron chi connectivity index (χ1n) is 10.8. The molecule has 192 valence electrons. The van der Waals surface area contributed by atoms with Crippen molar-refractivity contribution < 1.29 is 27.1 Å². The Morgan fingerprint density at radius 2 is 1.83 bits per heavy atom. The van der Waals surface area contributed by atoms with Gasteiger partial charge in [0.15, 0.2) is 0 Å². The molecule has 0 heterocycles. The van der Waals surface area contributed by atoms with Crippen LogP contribution in [0.25, 0.3) is 0 Å². The van der Waals surface area contributed by atoms with Gasteiger partial charge in [-0.1, -0.05) is 23.7 Å². The molecule has 0 aliphatic heterocycles. The number of carbonyl (C=O) groups excluding carboxylic acids is 2. The Morgan fingerprint density at radius 1 is 1.17 bits per heavy atom. The van der Waals surface area contributed by atoms with Crippen LogP contribution in [-0.4, -0.2) is 56.6 Å². The van der Waals surface area contributed by atoms with Gasteiger partial charge >= 0.3 is 0 Å². The Balaban J connectivity index is 2.44. The third-order valence-electron chi connectivity index (χ3n) is 5.02. The van der Waals surface area contributed by atoms with Gasteiger partial charge < -0.3 is 15.0 Å². The lowest BCUT2D eigenvalue weighted by molar-refractivity contribution is -0.140. The lowest BCUT2D eigenvalue weighted by Crippen LogP contribution is -2.54. The van der Waals surface area contributed by atoms with Crippen molar-refractivity contribution in [2.24, 2.45) is 0 Å². The summed E-state index contributed by atoms with van der Waals surface area (Å²) in [5.74, 6) is -1.18. The lowest BCUT2D eigenvalue weighted by atomic mass is 10.1. The van der Waals surface area contributed by atoms with Crippen LogP contribution in [0, 0.1) is 5.82 Å². The molecule has 2 rings (SSSR count). The topological polar surface area (TPSA) is 96.0 Å². The maximum Gasteiger partial charge on any atom is 0.244 e. The van der Waals surface area contributed by atoms with Gasteiger partial charge in [0.25, 0.3) is 0 Å². The van der Waals surface area contributed by atoms with Gasteiger partial charge in [0.05, 0.1) is 24.1 Å². The number of halogens is 2. The number of anilines is 1. The summed E-state index contributed by atoms with van der Waals surface area (Å²) < 4.78 is 44.8. The van der Waals surface area contributed by atoms with Crippen LogP contribution >= 0.6 is 11.6 Å². The highest BCUT2D eigenvalue weighted by molar-refractivity contribution is 7.92. The first-order chi connectivity index (χ1) is 16.1. The predicted octanol–water partition coefficient (Wildman–Crippen LogP) is 3.59. The van der Waals surface area contributed by atoms with E-state index in [0.717, 1.165) is 22.7 Å². The summed E-state index contributed by atoms with van der Waals surface area (Å²) in [6.07, 6.45) is 0.930. The average Bonchev–Trinajstić information content (AvgIpc) is 2.75. The zero-order valence-electron chi connectivity index (χ0n) is 20.6. The number of amides is 2. The molecule has 0 radical (unpaired) electrons. The number of methoxy groups -OCH3 is 1. The highest BCUT2D eigenvalue weighted by Crippen LogP contribution is 2.25. The maximum absolute atomic E-state index is 13.7. The minimum atomic E-state index is -3.95. The van der Waals surface area contributed by atoms with Crippen LogP contribution in [0.1, 0.15) is 33.3 Å². The third-order valence-corrected chi connectivity index (χ3v) is 6.45. The Kier molecular flexibility index (Phi) is 9.13. The molecule has 0 spiro atoms. The molecule has 1 atom stereocenters. The summed E-state index contributed by atoms with van der Waals surface area (Å²) in [6.45, 7) is 6.42. The summed E-state index contributed by atoms with van der Waals surface area (Å²) in [5.41, 5.74) is 0.170. The van der Waals surface area contributed by atoms with Crippen LogP contribution in [-0.2, 0) is 26.2 Å². The Morgan fingerprint density at radius 3 is 2.37 bits per heavy atom. The van der Waals surface area contributed by atoms with E-state index in [0.29, 0.717) is 11.3 Å². The molecule has 0 aliphatic rings. The number of benzene rings is 2. The zero-order valence-corrected chi connectivity index (χ0v) is 22.2. The second kappa shape index (κ2) is 11.3. The SMILES string of the molecule is COc1cccc(CN(C(=O)CN(c2ccc(F)c(Cl)c2)S(C)(=O)=O)[C@@H](C)C(=O)NC(C)(C)C)c1. The van der Waals surface area contributed by atoms with Gasteiger partial charge in [-0.25, -0.2) is 12.8 Å². The molecule has 0 aromatic heterocycles. The van der Waals surface area contributed by atoms with E-state index in [1.807, 2.05) is 20.8 Å². The number of nitrogens with zero attached hydrogens (tertiary/aromatic N) is 2. The second-order valence-electron chi connectivity index (χ2n) is 9.16. The fraction of sp³-hybridized carbons (Fsp3) is 0.417. The molecule has 0 aliphatic carbocycles. The lowest BCUT2D eigenvalue weighted by Gasteiger charge is -2.33. The molecular formula is C24H31ClFN3O5S. The van der Waals surface area contributed by atoms with Crippen molar-refractivity contribution >= 4 is 39.1 Å². The summed E-state index contributed by atoms with van der Waals surface area (Å²) >= 11 is 5.84. The van der Waals surface area contributed by atoms with Crippen molar-refractivity contribution in [2.75, 3.05) is 24.2 Å². The molecule has 2 amide bonds. The van der Waals surface area contributed by atoms with E-state index in [1.165, 1.54) is 18.1 Å². The number of ether oxygens (including phenoxy) is 1. The van der Waals surface area contributed by atoms with Crippen LogP contribution in [0.2, 0.25) is 5.02 Å². The van der Waals surface area contributed by atoms with E-state index >= 15 is 0 Å². The summed E-state index contributed by atoms with van der Waals surface area (Å²) in [4.78, 5) is 27.7. The van der Waals surface area contributed by atoms with E-state index < -0.39 is 45.8 Å². The molecular weight excluding hydrogens is 497 g/mol. The Bertz CT molecular complexity index is 1180. The number of hydrogen-bond acceptors (Lipinski definition) is 5. The van der Waals surface area contributed by atoms with Gasteiger partial charge in [-0.15, -0.1) is 0 Å². The molecule has 11 heteroatoms. The smallest absolute Gasteiger partial charge is 0.244 e. The van der Waals surface area contributed by atoms with Gasteiger partial charge in [0.1, 0.15) is 24.2 Å². The molecule has 2 aromatic carbocycles. The van der Waals surface area contributed by atoms with Crippen molar-refractivity contribution in [3.63, 3.8) is 0 Å². The highest BCUT2D eigenvalue weighted by Gasteiger charge is 2.31. The van der Waals surface area contributed by atoms with Crippen molar-refractivity contribution in [1.82, 2.24) is 10.2 Å². The molecule has 0 saturated heterocycles.